The van der Waals surface area contributed by atoms with Crippen molar-refractivity contribution in [3.8, 4) is 11.5 Å². The van der Waals surface area contributed by atoms with E-state index < -0.39 is 0 Å². The number of aromatic amines is 1. The average molecular weight is 339 g/mol. The second kappa shape index (κ2) is 6.35. The van der Waals surface area contributed by atoms with Crippen LogP contribution in [0.3, 0.4) is 0 Å². The lowest BCUT2D eigenvalue weighted by molar-refractivity contribution is -0.139. The van der Waals surface area contributed by atoms with Crippen molar-refractivity contribution in [1.29, 1.82) is 0 Å². The van der Waals surface area contributed by atoms with Crippen LogP contribution >= 0.6 is 0 Å². The number of carbonyl (C=O) groups is 1. The second-order valence-electron chi connectivity index (χ2n) is 5.67. The van der Waals surface area contributed by atoms with Gasteiger partial charge in [0.05, 0.1) is 24.6 Å². The number of carbonyl (C=O) groups excluding carboxylic acids is 1. The highest BCUT2D eigenvalue weighted by molar-refractivity contribution is 5.82. The lowest BCUT2D eigenvalue weighted by Gasteiger charge is -2.17. The van der Waals surface area contributed by atoms with Gasteiger partial charge in [0.15, 0.2) is 11.5 Å². The molecule has 1 aliphatic rings. The molecule has 25 heavy (non-hydrogen) atoms. The van der Waals surface area contributed by atoms with E-state index in [9.17, 15) is 4.79 Å². The van der Waals surface area contributed by atoms with E-state index in [2.05, 4.69) is 20.0 Å². The van der Waals surface area contributed by atoms with Crippen LogP contribution in [-0.2, 0) is 16.0 Å². The number of H-pyrrole nitrogens is 1. The number of esters is 1. The molecule has 7 nitrogen and oxygen atoms in total. The molecule has 1 aromatic heterocycles. The van der Waals surface area contributed by atoms with Crippen LogP contribution in [0.1, 0.15) is 5.56 Å². The number of fused-ring (bicyclic) bond motifs is 2. The van der Waals surface area contributed by atoms with Crippen molar-refractivity contribution in [1.82, 2.24) is 9.97 Å². The first-order valence-electron chi connectivity index (χ1n) is 7.93. The normalized spacial score (nSPS) is 12.8. The molecule has 0 spiro atoms. The number of anilines is 2. The van der Waals surface area contributed by atoms with Gasteiger partial charge in [-0.3, -0.25) is 4.79 Å². The lowest BCUT2D eigenvalue weighted by Crippen LogP contribution is -2.15. The van der Waals surface area contributed by atoms with Crippen molar-refractivity contribution in [2.45, 2.75) is 6.42 Å². The van der Waals surface area contributed by atoms with E-state index in [1.807, 2.05) is 36.4 Å². The van der Waals surface area contributed by atoms with Gasteiger partial charge in [-0.2, -0.15) is 0 Å². The van der Waals surface area contributed by atoms with E-state index in [1.54, 1.807) is 0 Å². The molecule has 2 N–H and O–H groups in total. The zero-order valence-corrected chi connectivity index (χ0v) is 13.7. The zero-order valence-electron chi connectivity index (χ0n) is 13.7. The Hall–Kier alpha value is -3.22. The molecular weight excluding hydrogens is 322 g/mol. The maximum atomic E-state index is 11.3. The maximum Gasteiger partial charge on any atom is 0.309 e. The Morgan fingerprint density at radius 3 is 2.64 bits per heavy atom. The third kappa shape index (κ3) is 3.21. The van der Waals surface area contributed by atoms with Crippen molar-refractivity contribution in [3.05, 3.63) is 42.0 Å². The number of hydrogen-bond donors (Lipinski definition) is 2. The summed E-state index contributed by atoms with van der Waals surface area (Å²) in [5.41, 5.74) is 3.43. The molecule has 0 fully saturated rings. The standard InChI is InChI=1S/C18H17N3O4/c1-23-17(22)8-11-2-4-12(5-3-11)19-18-20-13-9-15-16(10-14(13)21-18)25-7-6-24-15/h2-5,9-10H,6-8H2,1H3,(H2,19,20,21). The quantitative estimate of drug-likeness (QED) is 0.711. The van der Waals surface area contributed by atoms with Gasteiger partial charge >= 0.3 is 5.97 Å². The lowest BCUT2D eigenvalue weighted by atomic mass is 10.1. The first-order valence-corrected chi connectivity index (χ1v) is 7.93. The first kappa shape index (κ1) is 15.3. The molecule has 4 rings (SSSR count). The van der Waals surface area contributed by atoms with Gasteiger partial charge in [-0.15, -0.1) is 0 Å². The third-order valence-corrected chi connectivity index (χ3v) is 3.94. The number of ether oxygens (including phenoxy) is 3. The molecule has 0 radical (unpaired) electrons. The predicted octanol–water partition coefficient (Wildman–Crippen LogP) is 2.79. The number of rotatable bonds is 4. The second-order valence-corrected chi connectivity index (χ2v) is 5.67. The highest BCUT2D eigenvalue weighted by atomic mass is 16.6. The molecule has 0 amide bonds. The van der Waals surface area contributed by atoms with Crippen LogP contribution < -0.4 is 14.8 Å². The van der Waals surface area contributed by atoms with Crippen LogP contribution in [0.5, 0.6) is 11.5 Å². The number of aromatic nitrogens is 2. The molecule has 7 heteroatoms. The van der Waals surface area contributed by atoms with Crippen LogP contribution in [0.25, 0.3) is 11.0 Å². The van der Waals surface area contributed by atoms with Gasteiger partial charge < -0.3 is 24.5 Å². The van der Waals surface area contributed by atoms with Gasteiger partial charge in [0, 0.05) is 17.8 Å². The van der Waals surface area contributed by atoms with Crippen molar-refractivity contribution >= 4 is 28.6 Å². The molecule has 2 aromatic carbocycles. The molecule has 0 saturated heterocycles. The first-order chi connectivity index (χ1) is 12.2. The molecule has 2 heterocycles. The van der Waals surface area contributed by atoms with Crippen LogP contribution in [0.2, 0.25) is 0 Å². The van der Waals surface area contributed by atoms with E-state index in [-0.39, 0.29) is 12.4 Å². The van der Waals surface area contributed by atoms with Gasteiger partial charge in [0.25, 0.3) is 0 Å². The smallest absolute Gasteiger partial charge is 0.309 e. The molecule has 0 saturated carbocycles. The van der Waals surface area contributed by atoms with Gasteiger partial charge in [-0.1, -0.05) is 12.1 Å². The molecule has 0 aliphatic carbocycles. The number of hydrogen-bond acceptors (Lipinski definition) is 6. The Morgan fingerprint density at radius 2 is 1.92 bits per heavy atom. The molecule has 1 aliphatic heterocycles. The minimum absolute atomic E-state index is 0.257. The van der Waals surface area contributed by atoms with E-state index in [0.29, 0.717) is 24.9 Å². The van der Waals surface area contributed by atoms with E-state index in [4.69, 9.17) is 9.47 Å². The predicted molar refractivity (Wildman–Crippen MR) is 92.5 cm³/mol. The number of benzene rings is 2. The van der Waals surface area contributed by atoms with Crippen LogP contribution in [0, 0.1) is 0 Å². The van der Waals surface area contributed by atoms with Crippen LogP contribution in [0.4, 0.5) is 11.6 Å². The summed E-state index contributed by atoms with van der Waals surface area (Å²) < 4.78 is 15.8. The van der Waals surface area contributed by atoms with Crippen molar-refractivity contribution in [3.63, 3.8) is 0 Å². The van der Waals surface area contributed by atoms with E-state index >= 15 is 0 Å². The summed E-state index contributed by atoms with van der Waals surface area (Å²) >= 11 is 0. The van der Waals surface area contributed by atoms with Crippen LogP contribution in [-0.4, -0.2) is 36.3 Å². The van der Waals surface area contributed by atoms with Crippen molar-refractivity contribution in [2.75, 3.05) is 25.6 Å². The van der Waals surface area contributed by atoms with Gasteiger partial charge in [-0.25, -0.2) is 4.98 Å². The fraction of sp³-hybridized carbons (Fsp3) is 0.222. The molecular formula is C18H17N3O4. The fourth-order valence-electron chi connectivity index (χ4n) is 2.69. The third-order valence-electron chi connectivity index (χ3n) is 3.94. The average Bonchev–Trinajstić information content (AvgIpc) is 3.02. The Bertz CT molecular complexity index is 875. The van der Waals surface area contributed by atoms with Crippen LogP contribution in [0.15, 0.2) is 36.4 Å². The van der Waals surface area contributed by atoms with Gasteiger partial charge in [0.1, 0.15) is 13.2 Å². The minimum atomic E-state index is -0.258. The largest absolute Gasteiger partial charge is 0.486 e. The Labute approximate surface area is 143 Å². The fourth-order valence-corrected chi connectivity index (χ4v) is 2.69. The topological polar surface area (TPSA) is 85.5 Å². The maximum absolute atomic E-state index is 11.3. The highest BCUT2D eigenvalue weighted by Gasteiger charge is 2.15. The monoisotopic (exact) mass is 339 g/mol. The number of imidazole rings is 1. The van der Waals surface area contributed by atoms with Crippen molar-refractivity contribution < 1.29 is 19.0 Å². The number of nitrogens with one attached hydrogen (secondary N) is 2. The summed E-state index contributed by atoms with van der Waals surface area (Å²) in [4.78, 5) is 19.0. The molecule has 0 bridgehead atoms. The summed E-state index contributed by atoms with van der Waals surface area (Å²) in [5.74, 6) is 1.80. The van der Waals surface area contributed by atoms with Crippen molar-refractivity contribution in [2.24, 2.45) is 0 Å². The number of nitrogens with zero attached hydrogens (tertiary/aromatic N) is 1. The summed E-state index contributed by atoms with van der Waals surface area (Å²) in [5, 5.41) is 3.21. The minimum Gasteiger partial charge on any atom is -0.486 e. The molecule has 0 atom stereocenters. The highest BCUT2D eigenvalue weighted by Crippen LogP contribution is 2.34. The van der Waals surface area contributed by atoms with E-state index in [1.165, 1.54) is 7.11 Å². The molecule has 128 valence electrons. The Balaban J connectivity index is 1.53. The van der Waals surface area contributed by atoms with E-state index in [0.717, 1.165) is 28.0 Å². The number of methoxy groups -OCH3 is 1. The van der Waals surface area contributed by atoms with Gasteiger partial charge in [0.2, 0.25) is 5.95 Å². The molecule has 3 aromatic rings. The summed E-state index contributed by atoms with van der Waals surface area (Å²) in [7, 11) is 1.38. The summed E-state index contributed by atoms with van der Waals surface area (Å²) in [6.07, 6.45) is 0.257. The molecule has 0 unspecified atom stereocenters. The SMILES string of the molecule is COC(=O)Cc1ccc(Nc2nc3cc4c(cc3[nH]2)OCCO4)cc1. The Morgan fingerprint density at radius 1 is 1.20 bits per heavy atom. The zero-order chi connectivity index (χ0) is 17.2. The Kier molecular flexibility index (Phi) is 3.89. The summed E-state index contributed by atoms with van der Waals surface area (Å²) in [6, 6.07) is 11.3. The van der Waals surface area contributed by atoms with Gasteiger partial charge in [-0.05, 0) is 17.7 Å². The summed E-state index contributed by atoms with van der Waals surface area (Å²) in [6.45, 7) is 1.10.